The molecule has 3 aromatic rings. The van der Waals surface area contributed by atoms with Crippen LogP contribution in [0.5, 0.6) is 0 Å². The summed E-state index contributed by atoms with van der Waals surface area (Å²) in [6.45, 7) is 8.99. The predicted octanol–water partition coefficient (Wildman–Crippen LogP) is 4.03. The number of fused-ring (bicyclic) bond motifs is 1. The predicted molar refractivity (Wildman–Crippen MR) is 103 cm³/mol. The summed E-state index contributed by atoms with van der Waals surface area (Å²) in [5.41, 5.74) is 1.50. The number of nitrogens with zero attached hydrogens (tertiary/aromatic N) is 2. The molecule has 144 valence electrons. The van der Waals surface area contributed by atoms with E-state index in [4.69, 9.17) is 8.83 Å². The van der Waals surface area contributed by atoms with Crippen molar-refractivity contribution < 1.29 is 13.2 Å². The summed E-state index contributed by atoms with van der Waals surface area (Å²) < 4.78 is 25.0. The Morgan fingerprint density at radius 1 is 1.19 bits per heavy atom. The van der Waals surface area contributed by atoms with Crippen LogP contribution in [0.4, 0.5) is 4.39 Å². The molecule has 2 aromatic heterocycles. The van der Waals surface area contributed by atoms with E-state index in [1.807, 2.05) is 6.92 Å². The molecule has 2 heterocycles. The van der Waals surface area contributed by atoms with Gasteiger partial charge in [0.15, 0.2) is 5.96 Å². The Balaban J connectivity index is 1.61. The number of halogens is 1. The summed E-state index contributed by atoms with van der Waals surface area (Å²) in [6.07, 6.45) is 1.75. The lowest BCUT2D eigenvalue weighted by atomic mass is 9.94. The normalized spacial score (nSPS) is 12.6. The first kappa shape index (κ1) is 18.9. The monoisotopic (exact) mass is 372 g/mol. The van der Waals surface area contributed by atoms with Crippen molar-refractivity contribution in [2.75, 3.05) is 7.05 Å². The van der Waals surface area contributed by atoms with Crippen molar-refractivity contribution in [1.29, 1.82) is 0 Å². The van der Waals surface area contributed by atoms with Crippen LogP contribution in [0.3, 0.4) is 0 Å². The molecule has 0 aliphatic heterocycles. The van der Waals surface area contributed by atoms with E-state index in [0.717, 1.165) is 22.5 Å². The van der Waals surface area contributed by atoms with Gasteiger partial charge in [0.25, 0.3) is 0 Å². The van der Waals surface area contributed by atoms with Crippen LogP contribution in [0.1, 0.15) is 43.7 Å². The summed E-state index contributed by atoms with van der Waals surface area (Å²) in [4.78, 5) is 8.49. The highest BCUT2D eigenvalue weighted by molar-refractivity contribution is 5.83. The van der Waals surface area contributed by atoms with E-state index in [-0.39, 0.29) is 11.2 Å². The molecule has 1 aromatic carbocycles. The van der Waals surface area contributed by atoms with Gasteiger partial charge in [-0.1, -0.05) is 20.8 Å². The van der Waals surface area contributed by atoms with E-state index < -0.39 is 0 Å². The molecule has 0 bridgehead atoms. The largest absolute Gasteiger partial charge is 0.459 e. The fourth-order valence-electron chi connectivity index (χ4n) is 2.70. The molecule has 0 saturated heterocycles. The summed E-state index contributed by atoms with van der Waals surface area (Å²) in [6, 6.07) is 4.52. The van der Waals surface area contributed by atoms with Gasteiger partial charge in [-0.15, -0.1) is 0 Å². The van der Waals surface area contributed by atoms with Gasteiger partial charge in [0.05, 0.1) is 19.3 Å². The molecule has 0 radical (unpaired) electrons. The van der Waals surface area contributed by atoms with Crippen molar-refractivity contribution in [3.05, 3.63) is 53.2 Å². The van der Waals surface area contributed by atoms with Crippen LogP contribution in [0.2, 0.25) is 0 Å². The van der Waals surface area contributed by atoms with Crippen molar-refractivity contribution in [1.82, 2.24) is 15.6 Å². The highest BCUT2D eigenvalue weighted by Gasteiger charge is 2.19. The second-order valence-corrected chi connectivity index (χ2v) is 7.44. The number of rotatable bonds is 4. The Morgan fingerprint density at radius 2 is 1.93 bits per heavy atom. The Labute approximate surface area is 157 Å². The average Bonchev–Trinajstić information content (AvgIpc) is 3.21. The van der Waals surface area contributed by atoms with Gasteiger partial charge in [-0.3, -0.25) is 4.99 Å². The Morgan fingerprint density at radius 3 is 2.59 bits per heavy atom. The maximum absolute atomic E-state index is 13.4. The minimum absolute atomic E-state index is 0.0799. The molecule has 2 N–H and O–H groups in total. The molecule has 6 nitrogen and oxygen atoms in total. The van der Waals surface area contributed by atoms with Crippen LogP contribution in [0.15, 0.2) is 38.2 Å². The number of nitrogens with one attached hydrogen (secondary N) is 2. The summed E-state index contributed by atoms with van der Waals surface area (Å²) in [5.74, 6) is 2.50. The summed E-state index contributed by atoms with van der Waals surface area (Å²) in [7, 11) is 1.69. The Hall–Kier alpha value is -2.83. The number of aliphatic imine (C=N–C) groups is 1. The first-order valence-electron chi connectivity index (χ1n) is 8.85. The molecular weight excluding hydrogens is 347 g/mol. The number of guanidine groups is 1. The quantitative estimate of drug-likeness (QED) is 0.534. The zero-order valence-corrected chi connectivity index (χ0v) is 16.3. The van der Waals surface area contributed by atoms with Crippen molar-refractivity contribution >= 4 is 16.9 Å². The minimum atomic E-state index is -0.274. The van der Waals surface area contributed by atoms with Gasteiger partial charge >= 0.3 is 0 Å². The van der Waals surface area contributed by atoms with E-state index in [2.05, 4.69) is 41.4 Å². The Bertz CT molecular complexity index is 966. The van der Waals surface area contributed by atoms with Crippen molar-refractivity contribution in [3.8, 4) is 0 Å². The van der Waals surface area contributed by atoms with Gasteiger partial charge < -0.3 is 19.5 Å². The smallest absolute Gasteiger partial charge is 0.213 e. The van der Waals surface area contributed by atoms with Gasteiger partial charge in [0.1, 0.15) is 22.9 Å². The topological polar surface area (TPSA) is 75.6 Å². The lowest BCUT2D eigenvalue weighted by Crippen LogP contribution is -2.36. The lowest BCUT2D eigenvalue weighted by molar-refractivity contribution is 0.379. The van der Waals surface area contributed by atoms with Crippen molar-refractivity contribution in [2.45, 2.75) is 46.2 Å². The van der Waals surface area contributed by atoms with Crippen molar-refractivity contribution in [3.63, 3.8) is 0 Å². The molecule has 0 aliphatic rings. The maximum atomic E-state index is 13.4. The number of aromatic nitrogens is 1. The van der Waals surface area contributed by atoms with Gasteiger partial charge in [-0.25, -0.2) is 9.37 Å². The van der Waals surface area contributed by atoms with Gasteiger partial charge in [-0.2, -0.15) is 0 Å². The van der Waals surface area contributed by atoms with Crippen LogP contribution < -0.4 is 10.6 Å². The Kier molecular flexibility index (Phi) is 5.21. The molecule has 3 rings (SSSR count). The molecule has 0 aliphatic carbocycles. The molecule has 0 spiro atoms. The maximum Gasteiger partial charge on any atom is 0.213 e. The molecule has 0 amide bonds. The SMILES string of the molecule is CN=C(NCc1ncc(C(C)(C)C)o1)NCc1oc2ccc(F)cc2c1C. The van der Waals surface area contributed by atoms with Crippen LogP contribution in [0.25, 0.3) is 11.0 Å². The third-order valence-electron chi connectivity index (χ3n) is 4.34. The molecule has 7 heteroatoms. The van der Waals surface area contributed by atoms with Gasteiger partial charge in [0, 0.05) is 23.4 Å². The standard InChI is InChI=1S/C20H25FN4O2/c1-12-14-8-13(21)6-7-15(14)26-16(12)9-24-19(22-5)25-11-18-23-10-17(27-18)20(2,3)4/h6-8,10H,9,11H2,1-5H3,(H2,22,24,25). The van der Waals surface area contributed by atoms with Crippen LogP contribution in [-0.4, -0.2) is 18.0 Å². The number of hydrogen-bond acceptors (Lipinski definition) is 4. The van der Waals surface area contributed by atoms with Crippen LogP contribution in [0, 0.1) is 12.7 Å². The number of aryl methyl sites for hydroxylation is 1. The average molecular weight is 372 g/mol. The number of benzene rings is 1. The highest BCUT2D eigenvalue weighted by Crippen LogP contribution is 2.26. The summed E-state index contributed by atoms with van der Waals surface area (Å²) in [5, 5.41) is 7.14. The second kappa shape index (κ2) is 7.42. The molecule has 0 unspecified atom stereocenters. The van der Waals surface area contributed by atoms with Gasteiger partial charge in [0.2, 0.25) is 5.89 Å². The van der Waals surface area contributed by atoms with Crippen LogP contribution >= 0.6 is 0 Å². The third-order valence-corrected chi connectivity index (χ3v) is 4.34. The highest BCUT2D eigenvalue weighted by atomic mass is 19.1. The van der Waals surface area contributed by atoms with E-state index in [1.54, 1.807) is 19.3 Å². The first-order chi connectivity index (χ1) is 12.8. The molecule has 0 saturated carbocycles. The molecule has 27 heavy (non-hydrogen) atoms. The van der Waals surface area contributed by atoms with E-state index in [9.17, 15) is 4.39 Å². The number of oxazole rings is 1. The lowest BCUT2D eigenvalue weighted by Gasteiger charge is -2.13. The van der Waals surface area contributed by atoms with E-state index in [1.165, 1.54) is 12.1 Å². The number of hydrogen-bond donors (Lipinski definition) is 2. The zero-order valence-electron chi connectivity index (χ0n) is 16.3. The summed E-state index contributed by atoms with van der Waals surface area (Å²) >= 11 is 0. The van der Waals surface area contributed by atoms with Crippen LogP contribution in [-0.2, 0) is 18.5 Å². The fourth-order valence-corrected chi connectivity index (χ4v) is 2.70. The zero-order chi connectivity index (χ0) is 19.6. The molecule has 0 fully saturated rings. The molecule has 0 atom stereocenters. The fraction of sp³-hybridized carbons (Fsp3) is 0.400. The molecular formula is C20H25FN4O2. The third kappa shape index (κ3) is 4.30. The second-order valence-electron chi connectivity index (χ2n) is 7.44. The van der Waals surface area contributed by atoms with Gasteiger partial charge in [-0.05, 0) is 25.1 Å². The minimum Gasteiger partial charge on any atom is -0.459 e. The van der Waals surface area contributed by atoms with E-state index >= 15 is 0 Å². The number of furan rings is 1. The first-order valence-corrected chi connectivity index (χ1v) is 8.85. The van der Waals surface area contributed by atoms with E-state index in [0.29, 0.717) is 30.5 Å². The van der Waals surface area contributed by atoms with Crippen molar-refractivity contribution in [2.24, 2.45) is 4.99 Å².